The summed E-state index contributed by atoms with van der Waals surface area (Å²) in [5.74, 6) is 0.248. The highest BCUT2D eigenvalue weighted by molar-refractivity contribution is 9.11. The molecule has 0 aromatic carbocycles. The zero-order chi connectivity index (χ0) is 10.6. The van der Waals surface area contributed by atoms with Crippen LogP contribution in [0.1, 0.15) is 0 Å². The van der Waals surface area contributed by atoms with E-state index in [0.29, 0.717) is 15.0 Å². The van der Waals surface area contributed by atoms with Crippen LogP contribution in [0.15, 0.2) is 15.4 Å². The molecule has 0 radical (unpaired) electrons. The summed E-state index contributed by atoms with van der Waals surface area (Å²) in [6.07, 6.45) is 1.51. The molecule has 0 saturated heterocycles. The Kier molecular flexibility index (Phi) is 4.43. The smallest absolute Gasteiger partial charge is 0.239 e. The second kappa shape index (κ2) is 5.38. The van der Waals surface area contributed by atoms with Crippen molar-refractivity contribution in [2.45, 2.75) is 0 Å². The van der Waals surface area contributed by atoms with E-state index < -0.39 is 0 Å². The van der Waals surface area contributed by atoms with Gasteiger partial charge in [0.25, 0.3) is 0 Å². The monoisotopic (exact) mass is 322 g/mol. The van der Waals surface area contributed by atoms with Crippen LogP contribution in [0.3, 0.4) is 0 Å². The molecule has 0 unspecified atom stereocenters. The average molecular weight is 324 g/mol. The number of hydrogen-bond donors (Lipinski definition) is 2. The number of carbonyl (C=O) groups is 1. The molecule has 0 aliphatic heterocycles. The Bertz CT molecular complexity index is 344. The quantitative estimate of drug-likeness (QED) is 0.876. The van der Waals surface area contributed by atoms with Gasteiger partial charge in [0, 0.05) is 0 Å². The van der Waals surface area contributed by atoms with Crippen LogP contribution in [0.4, 0.5) is 5.82 Å². The Morgan fingerprint density at radius 1 is 1.57 bits per heavy atom. The van der Waals surface area contributed by atoms with E-state index >= 15 is 0 Å². The lowest BCUT2D eigenvalue weighted by Gasteiger charge is -2.04. The molecular formula is C7H8Br2N4O. The summed E-state index contributed by atoms with van der Waals surface area (Å²) < 4.78 is 1.10. The summed E-state index contributed by atoms with van der Waals surface area (Å²) in [7, 11) is 1.70. The SMILES string of the molecule is CNCC(=O)Nc1ncc(Br)nc1Br. The molecule has 2 N–H and O–H groups in total. The van der Waals surface area contributed by atoms with Gasteiger partial charge in [0.15, 0.2) is 5.82 Å². The molecule has 0 atom stereocenters. The van der Waals surface area contributed by atoms with Crippen LogP contribution in [0.2, 0.25) is 0 Å². The van der Waals surface area contributed by atoms with Crippen molar-refractivity contribution in [2.24, 2.45) is 0 Å². The topological polar surface area (TPSA) is 66.9 Å². The standard InChI is InChI=1S/C7H8Br2N4O/c1-10-3-5(14)13-7-6(9)12-4(8)2-11-7/h2,10H,3H2,1H3,(H,11,13,14). The van der Waals surface area contributed by atoms with Gasteiger partial charge in [0.2, 0.25) is 5.91 Å². The molecule has 0 saturated carbocycles. The number of aromatic nitrogens is 2. The van der Waals surface area contributed by atoms with E-state index in [1.54, 1.807) is 7.05 Å². The normalized spacial score (nSPS) is 9.93. The van der Waals surface area contributed by atoms with Crippen LogP contribution in [-0.4, -0.2) is 29.5 Å². The van der Waals surface area contributed by atoms with E-state index in [1.807, 2.05) is 0 Å². The molecule has 0 fully saturated rings. The Morgan fingerprint density at radius 3 is 2.86 bits per heavy atom. The summed E-state index contributed by atoms with van der Waals surface area (Å²) in [5.41, 5.74) is 0. The second-order valence-corrected chi connectivity index (χ2v) is 3.97. The predicted molar refractivity (Wildman–Crippen MR) is 60.0 cm³/mol. The van der Waals surface area contributed by atoms with Gasteiger partial charge >= 0.3 is 0 Å². The van der Waals surface area contributed by atoms with Crippen LogP contribution in [0.25, 0.3) is 0 Å². The lowest BCUT2D eigenvalue weighted by molar-refractivity contribution is -0.115. The summed E-state index contributed by atoms with van der Waals surface area (Å²) in [4.78, 5) is 19.2. The third-order valence-electron chi connectivity index (χ3n) is 1.30. The van der Waals surface area contributed by atoms with E-state index in [2.05, 4.69) is 52.5 Å². The first-order chi connectivity index (χ1) is 6.63. The number of hydrogen-bond acceptors (Lipinski definition) is 4. The van der Waals surface area contributed by atoms with Gasteiger partial charge in [-0.15, -0.1) is 0 Å². The summed E-state index contributed by atoms with van der Waals surface area (Å²) in [6.45, 7) is 0.240. The molecule has 1 rings (SSSR count). The molecule has 1 heterocycles. The van der Waals surface area contributed by atoms with Gasteiger partial charge in [-0.1, -0.05) is 0 Å². The number of amides is 1. The molecule has 0 spiro atoms. The van der Waals surface area contributed by atoms with Crippen LogP contribution in [0, 0.1) is 0 Å². The molecule has 1 amide bonds. The van der Waals surface area contributed by atoms with Gasteiger partial charge in [-0.25, -0.2) is 9.97 Å². The number of nitrogens with zero attached hydrogens (tertiary/aromatic N) is 2. The largest absolute Gasteiger partial charge is 0.311 e. The fourth-order valence-corrected chi connectivity index (χ4v) is 1.68. The minimum Gasteiger partial charge on any atom is -0.311 e. The van der Waals surface area contributed by atoms with Gasteiger partial charge in [0.05, 0.1) is 12.7 Å². The van der Waals surface area contributed by atoms with Crippen molar-refractivity contribution in [1.29, 1.82) is 0 Å². The Hall–Kier alpha value is -0.530. The van der Waals surface area contributed by atoms with Gasteiger partial charge in [-0.3, -0.25) is 4.79 Å². The molecule has 0 aliphatic rings. The number of likely N-dealkylation sites (N-methyl/N-ethyl adjacent to an activating group) is 1. The first-order valence-electron chi connectivity index (χ1n) is 3.76. The molecule has 76 valence electrons. The molecule has 1 aromatic rings. The Morgan fingerprint density at radius 2 is 2.29 bits per heavy atom. The van der Waals surface area contributed by atoms with Crippen molar-refractivity contribution in [1.82, 2.24) is 15.3 Å². The zero-order valence-electron chi connectivity index (χ0n) is 7.34. The highest BCUT2D eigenvalue weighted by Crippen LogP contribution is 2.18. The van der Waals surface area contributed by atoms with Crippen molar-refractivity contribution in [3.63, 3.8) is 0 Å². The number of rotatable bonds is 3. The third-order valence-corrected chi connectivity index (χ3v) is 2.23. The fraction of sp³-hybridized carbons (Fsp3) is 0.286. The maximum atomic E-state index is 11.2. The predicted octanol–water partition coefficient (Wildman–Crippen LogP) is 1.16. The maximum absolute atomic E-state index is 11.2. The van der Waals surface area contributed by atoms with E-state index in [4.69, 9.17) is 0 Å². The highest BCUT2D eigenvalue weighted by atomic mass is 79.9. The van der Waals surface area contributed by atoms with E-state index in [1.165, 1.54) is 6.20 Å². The van der Waals surface area contributed by atoms with Crippen molar-refractivity contribution < 1.29 is 4.79 Å². The molecule has 5 nitrogen and oxygen atoms in total. The minimum absolute atomic E-state index is 0.162. The summed E-state index contributed by atoms with van der Waals surface area (Å²) >= 11 is 6.35. The van der Waals surface area contributed by atoms with Crippen molar-refractivity contribution >= 4 is 43.6 Å². The number of nitrogens with one attached hydrogen (secondary N) is 2. The highest BCUT2D eigenvalue weighted by Gasteiger charge is 2.07. The van der Waals surface area contributed by atoms with E-state index in [9.17, 15) is 4.79 Å². The third kappa shape index (κ3) is 3.32. The molecular weight excluding hydrogens is 316 g/mol. The van der Waals surface area contributed by atoms with Gasteiger partial charge in [0.1, 0.15) is 9.21 Å². The number of carbonyl (C=O) groups excluding carboxylic acids is 1. The molecule has 14 heavy (non-hydrogen) atoms. The Labute approximate surface area is 98.0 Å². The van der Waals surface area contributed by atoms with Gasteiger partial charge in [-0.05, 0) is 38.9 Å². The van der Waals surface area contributed by atoms with Crippen LogP contribution in [-0.2, 0) is 4.79 Å². The number of halogens is 2. The van der Waals surface area contributed by atoms with Crippen molar-refractivity contribution in [3.05, 3.63) is 15.4 Å². The lowest BCUT2D eigenvalue weighted by Crippen LogP contribution is -2.25. The Balaban J connectivity index is 2.72. The molecule has 1 aromatic heterocycles. The minimum atomic E-state index is -0.162. The van der Waals surface area contributed by atoms with Crippen LogP contribution in [0.5, 0.6) is 0 Å². The van der Waals surface area contributed by atoms with Crippen LogP contribution >= 0.6 is 31.9 Å². The van der Waals surface area contributed by atoms with Gasteiger partial charge < -0.3 is 10.6 Å². The average Bonchev–Trinajstić information content (AvgIpc) is 2.10. The maximum Gasteiger partial charge on any atom is 0.239 e. The molecule has 0 bridgehead atoms. The van der Waals surface area contributed by atoms with Crippen LogP contribution < -0.4 is 10.6 Å². The van der Waals surface area contributed by atoms with Crippen molar-refractivity contribution in [3.8, 4) is 0 Å². The van der Waals surface area contributed by atoms with Gasteiger partial charge in [-0.2, -0.15) is 0 Å². The summed E-state index contributed by atoms with van der Waals surface area (Å²) in [5, 5.41) is 5.33. The second-order valence-electron chi connectivity index (χ2n) is 2.41. The van der Waals surface area contributed by atoms with E-state index in [0.717, 1.165) is 0 Å². The lowest BCUT2D eigenvalue weighted by atomic mass is 10.5. The first-order valence-corrected chi connectivity index (χ1v) is 5.34. The summed E-state index contributed by atoms with van der Waals surface area (Å²) in [6, 6.07) is 0. The first kappa shape index (κ1) is 11.5. The molecule has 0 aliphatic carbocycles. The van der Waals surface area contributed by atoms with E-state index in [-0.39, 0.29) is 12.5 Å². The fourth-order valence-electron chi connectivity index (χ4n) is 0.767. The molecule has 7 heteroatoms. The zero-order valence-corrected chi connectivity index (χ0v) is 10.5. The van der Waals surface area contributed by atoms with Crippen molar-refractivity contribution in [2.75, 3.05) is 18.9 Å². The number of anilines is 1.